The van der Waals surface area contributed by atoms with Gasteiger partial charge in [0.15, 0.2) is 5.75 Å². The fourth-order valence-corrected chi connectivity index (χ4v) is 4.39. The van der Waals surface area contributed by atoms with Crippen LogP contribution >= 0.6 is 34.8 Å². The zero-order valence-electron chi connectivity index (χ0n) is 16.1. The molecular weight excluding hydrogens is 459 g/mol. The van der Waals surface area contributed by atoms with E-state index < -0.39 is 15.9 Å². The zero-order chi connectivity index (χ0) is 21.6. The van der Waals surface area contributed by atoms with Crippen molar-refractivity contribution >= 4 is 44.6 Å². The number of benzene rings is 2. The van der Waals surface area contributed by atoms with E-state index in [4.69, 9.17) is 44.3 Å². The van der Waals surface area contributed by atoms with E-state index in [0.29, 0.717) is 24.7 Å². The van der Waals surface area contributed by atoms with Gasteiger partial charge in [0.1, 0.15) is 12.4 Å². The van der Waals surface area contributed by atoms with E-state index in [1.807, 2.05) is 13.8 Å². The molecule has 1 N–H and O–H groups in total. The summed E-state index contributed by atoms with van der Waals surface area (Å²) in [5.41, 5.74) is 0. The van der Waals surface area contributed by atoms with Gasteiger partial charge in [-0.1, -0.05) is 37.0 Å². The molecule has 0 saturated heterocycles. The molecule has 0 aliphatic rings. The largest absolute Gasteiger partial charge is 0.491 e. The van der Waals surface area contributed by atoms with Crippen LogP contribution < -0.4 is 9.47 Å². The smallest absolute Gasteiger partial charge is 0.206 e. The first kappa shape index (κ1) is 24.1. The Kier molecular flexibility index (Phi) is 8.91. The van der Waals surface area contributed by atoms with Crippen LogP contribution in [0.5, 0.6) is 11.5 Å². The highest BCUT2D eigenvalue weighted by atomic mass is 35.5. The molecule has 9 heteroatoms. The molecule has 160 valence electrons. The van der Waals surface area contributed by atoms with Gasteiger partial charge in [0.25, 0.3) is 0 Å². The van der Waals surface area contributed by atoms with E-state index in [2.05, 4.69) is 0 Å². The Morgan fingerprint density at radius 2 is 1.59 bits per heavy atom. The van der Waals surface area contributed by atoms with Crippen LogP contribution in [0.2, 0.25) is 10.0 Å². The van der Waals surface area contributed by atoms with Gasteiger partial charge >= 0.3 is 0 Å². The number of halogens is 3. The molecule has 0 saturated carbocycles. The zero-order valence-corrected chi connectivity index (χ0v) is 19.2. The first-order chi connectivity index (χ1) is 13.7. The van der Waals surface area contributed by atoms with E-state index in [-0.39, 0.29) is 38.1 Å². The Hall–Kier alpha value is -1.18. The Morgan fingerprint density at radius 1 is 1.00 bits per heavy atom. The van der Waals surface area contributed by atoms with Crippen molar-refractivity contribution in [2.75, 3.05) is 19.1 Å². The highest BCUT2D eigenvalue weighted by molar-refractivity contribution is 7.91. The van der Waals surface area contributed by atoms with E-state index in [0.717, 1.165) is 0 Å². The van der Waals surface area contributed by atoms with Gasteiger partial charge in [0.05, 0.1) is 32.5 Å². The number of rotatable bonds is 10. The maximum atomic E-state index is 12.9. The van der Waals surface area contributed by atoms with E-state index in [1.54, 1.807) is 0 Å². The molecule has 0 fully saturated rings. The average molecular weight is 482 g/mol. The van der Waals surface area contributed by atoms with Gasteiger partial charge in [0, 0.05) is 11.8 Å². The minimum absolute atomic E-state index is 0.0414. The molecule has 0 heterocycles. The predicted octanol–water partition coefficient (Wildman–Crippen LogP) is 5.23. The first-order valence-electron chi connectivity index (χ1n) is 9.02. The van der Waals surface area contributed by atoms with E-state index in [9.17, 15) is 13.5 Å². The number of alkyl halides is 1. The average Bonchev–Trinajstić information content (AvgIpc) is 2.71. The monoisotopic (exact) mass is 480 g/mol. The summed E-state index contributed by atoms with van der Waals surface area (Å²) in [6.45, 7) is 4.19. The van der Waals surface area contributed by atoms with Crippen LogP contribution in [0.4, 0.5) is 0 Å². The molecule has 2 atom stereocenters. The van der Waals surface area contributed by atoms with Crippen LogP contribution in [0.1, 0.15) is 20.3 Å². The summed E-state index contributed by atoms with van der Waals surface area (Å²) in [4.78, 5) is 0.0257. The molecule has 0 unspecified atom stereocenters. The fraction of sp³-hybridized carbons (Fsp3) is 0.400. The molecule has 0 radical (unpaired) electrons. The van der Waals surface area contributed by atoms with Crippen LogP contribution in [0, 0.1) is 5.92 Å². The second kappa shape index (κ2) is 10.7. The van der Waals surface area contributed by atoms with Crippen molar-refractivity contribution in [3.63, 3.8) is 0 Å². The predicted molar refractivity (Wildman–Crippen MR) is 116 cm³/mol. The minimum Gasteiger partial charge on any atom is -0.491 e. The third-order valence-electron chi connectivity index (χ3n) is 4.11. The van der Waals surface area contributed by atoms with Gasteiger partial charge in [-0.25, -0.2) is 8.42 Å². The van der Waals surface area contributed by atoms with E-state index >= 15 is 0 Å². The number of ether oxygens (including phenoxy) is 2. The maximum absolute atomic E-state index is 12.9. The standard InChI is InChI=1S/C20H23Cl3O5S/c1-3-14(24)12-27-15-4-6-16(7-5-15)29(25,26)17-8-18(22)20(19(23)9-17)28-11-13(2)10-21/h4-9,13-14,24H,3,10-12H2,1-2H3/t13-,14+/m1/s1. The van der Waals surface area contributed by atoms with Crippen molar-refractivity contribution in [1.29, 1.82) is 0 Å². The van der Waals surface area contributed by atoms with Crippen LogP contribution in [0.15, 0.2) is 46.2 Å². The lowest BCUT2D eigenvalue weighted by Gasteiger charge is -2.15. The molecule has 2 aromatic rings. The van der Waals surface area contributed by atoms with Gasteiger partial charge in [-0.15, -0.1) is 11.6 Å². The number of sulfone groups is 1. The second-order valence-electron chi connectivity index (χ2n) is 6.63. The van der Waals surface area contributed by atoms with Crippen molar-refractivity contribution in [3.8, 4) is 11.5 Å². The third kappa shape index (κ3) is 6.40. The molecule has 0 aliphatic heterocycles. The van der Waals surface area contributed by atoms with Gasteiger partial charge in [-0.05, 0) is 42.8 Å². The molecule has 0 spiro atoms. The van der Waals surface area contributed by atoms with Crippen LogP contribution in [0.25, 0.3) is 0 Å². The second-order valence-corrected chi connectivity index (χ2v) is 9.71. The Morgan fingerprint density at radius 3 is 2.10 bits per heavy atom. The third-order valence-corrected chi connectivity index (χ3v) is 6.94. The summed E-state index contributed by atoms with van der Waals surface area (Å²) >= 11 is 18.2. The molecule has 29 heavy (non-hydrogen) atoms. The minimum atomic E-state index is -3.84. The van der Waals surface area contributed by atoms with Gasteiger partial charge < -0.3 is 14.6 Å². The van der Waals surface area contributed by atoms with Crippen molar-refractivity contribution in [1.82, 2.24) is 0 Å². The molecule has 5 nitrogen and oxygen atoms in total. The lowest BCUT2D eigenvalue weighted by molar-refractivity contribution is 0.104. The fourth-order valence-electron chi connectivity index (χ4n) is 2.26. The molecule has 0 amide bonds. The topological polar surface area (TPSA) is 72.8 Å². The van der Waals surface area contributed by atoms with Crippen LogP contribution in [-0.2, 0) is 9.84 Å². The molecule has 2 aromatic carbocycles. The molecule has 2 rings (SSSR count). The Balaban J connectivity index is 2.22. The maximum Gasteiger partial charge on any atom is 0.206 e. The highest BCUT2D eigenvalue weighted by Gasteiger charge is 2.22. The Bertz CT molecular complexity index is 893. The molecule has 0 bridgehead atoms. The number of aliphatic hydroxyl groups excluding tert-OH is 1. The van der Waals surface area contributed by atoms with Crippen molar-refractivity contribution in [2.24, 2.45) is 5.92 Å². The first-order valence-corrected chi connectivity index (χ1v) is 11.8. The summed E-state index contributed by atoms with van der Waals surface area (Å²) < 4.78 is 36.9. The van der Waals surface area contributed by atoms with Crippen molar-refractivity contribution < 1.29 is 23.0 Å². The molecule has 0 aliphatic carbocycles. The summed E-state index contributed by atoms with van der Waals surface area (Å²) in [6, 6.07) is 8.54. The van der Waals surface area contributed by atoms with Crippen LogP contribution in [0.3, 0.4) is 0 Å². The highest BCUT2D eigenvalue weighted by Crippen LogP contribution is 2.37. The van der Waals surface area contributed by atoms with Gasteiger partial charge in [-0.2, -0.15) is 0 Å². The van der Waals surface area contributed by atoms with Crippen molar-refractivity contribution in [2.45, 2.75) is 36.2 Å². The normalized spacial score (nSPS) is 13.7. The molecular formula is C20H23Cl3O5S. The summed E-state index contributed by atoms with van der Waals surface area (Å²) in [5.74, 6) is 1.19. The van der Waals surface area contributed by atoms with Gasteiger partial charge in [0.2, 0.25) is 9.84 Å². The molecule has 0 aromatic heterocycles. The summed E-state index contributed by atoms with van der Waals surface area (Å²) in [7, 11) is -3.84. The number of hydrogen-bond donors (Lipinski definition) is 1. The summed E-state index contributed by atoms with van der Waals surface area (Å²) in [6.07, 6.45) is -0.00535. The quantitative estimate of drug-likeness (QED) is 0.470. The lowest BCUT2D eigenvalue weighted by Crippen LogP contribution is -2.16. The number of hydrogen-bond acceptors (Lipinski definition) is 5. The van der Waals surface area contributed by atoms with Crippen LogP contribution in [-0.4, -0.2) is 38.7 Å². The SMILES string of the molecule is CC[C@H](O)COc1ccc(S(=O)(=O)c2cc(Cl)c(OC[C@H](C)CCl)c(Cl)c2)cc1. The lowest BCUT2D eigenvalue weighted by atomic mass is 10.2. The Labute approximate surface area is 186 Å². The van der Waals surface area contributed by atoms with E-state index in [1.165, 1.54) is 36.4 Å². The summed E-state index contributed by atoms with van der Waals surface area (Å²) in [5, 5.41) is 9.75. The number of aliphatic hydroxyl groups is 1. The van der Waals surface area contributed by atoms with Gasteiger partial charge in [-0.3, -0.25) is 0 Å². The van der Waals surface area contributed by atoms with Crippen molar-refractivity contribution in [3.05, 3.63) is 46.4 Å².